The molecule has 0 aromatic heterocycles. The molecule has 0 spiro atoms. The summed E-state index contributed by atoms with van der Waals surface area (Å²) < 4.78 is 0. The molecule has 1 aliphatic heterocycles. The molecule has 0 saturated carbocycles. The van der Waals surface area contributed by atoms with Crippen molar-refractivity contribution < 1.29 is 14.7 Å². The summed E-state index contributed by atoms with van der Waals surface area (Å²) in [5, 5.41) is 11.5. The molecule has 0 unspecified atom stereocenters. The lowest BCUT2D eigenvalue weighted by Crippen LogP contribution is -2.45. The van der Waals surface area contributed by atoms with E-state index in [0.717, 1.165) is 6.42 Å². The Morgan fingerprint density at radius 2 is 2.38 bits per heavy atom. The van der Waals surface area contributed by atoms with Gasteiger partial charge in [-0.1, -0.05) is 6.92 Å². The number of carbonyl (C=O) groups excluding carboxylic acids is 1. The van der Waals surface area contributed by atoms with Crippen LogP contribution >= 0.6 is 0 Å². The van der Waals surface area contributed by atoms with Crippen molar-refractivity contribution in [2.45, 2.75) is 38.6 Å². The maximum absolute atomic E-state index is 11.0. The Kier molecular flexibility index (Phi) is 3.28. The highest BCUT2D eigenvalue weighted by molar-refractivity contribution is 5.77. The van der Waals surface area contributed by atoms with Crippen LogP contribution in [0.3, 0.4) is 0 Å². The van der Waals surface area contributed by atoms with Crippen LogP contribution in [0.1, 0.15) is 32.6 Å². The third-order valence-corrected chi connectivity index (χ3v) is 2.53. The van der Waals surface area contributed by atoms with Gasteiger partial charge in [0.1, 0.15) is 0 Å². The van der Waals surface area contributed by atoms with E-state index in [-0.39, 0.29) is 24.3 Å². The molecular weight excluding hydrogens is 170 g/mol. The van der Waals surface area contributed by atoms with E-state index in [2.05, 4.69) is 5.32 Å². The third kappa shape index (κ3) is 2.72. The first-order valence-corrected chi connectivity index (χ1v) is 4.64. The molecule has 1 amide bonds. The van der Waals surface area contributed by atoms with Gasteiger partial charge >= 0.3 is 5.97 Å². The molecule has 1 heterocycles. The molecule has 0 aromatic rings. The van der Waals surface area contributed by atoms with E-state index in [1.54, 1.807) is 0 Å². The van der Waals surface area contributed by atoms with Crippen molar-refractivity contribution in [2.24, 2.45) is 5.92 Å². The van der Waals surface area contributed by atoms with Crippen molar-refractivity contribution >= 4 is 11.9 Å². The number of carboxylic acids is 1. The smallest absolute Gasteiger partial charge is 0.303 e. The Bertz CT molecular complexity index is 215. The van der Waals surface area contributed by atoms with Crippen molar-refractivity contribution in [1.82, 2.24) is 5.32 Å². The van der Waals surface area contributed by atoms with Gasteiger partial charge in [-0.15, -0.1) is 0 Å². The highest BCUT2D eigenvalue weighted by Gasteiger charge is 2.28. The molecule has 4 nitrogen and oxygen atoms in total. The van der Waals surface area contributed by atoms with Crippen LogP contribution < -0.4 is 5.32 Å². The third-order valence-electron chi connectivity index (χ3n) is 2.53. The van der Waals surface area contributed by atoms with Crippen LogP contribution in [0.15, 0.2) is 0 Å². The molecule has 4 heteroatoms. The van der Waals surface area contributed by atoms with Gasteiger partial charge in [-0.3, -0.25) is 9.59 Å². The van der Waals surface area contributed by atoms with Gasteiger partial charge in [0.2, 0.25) is 5.91 Å². The molecule has 2 N–H and O–H groups in total. The quantitative estimate of drug-likeness (QED) is 0.682. The number of rotatable bonds is 3. The summed E-state index contributed by atoms with van der Waals surface area (Å²) in [5.41, 5.74) is 0. The molecule has 1 rings (SSSR count). The zero-order valence-corrected chi connectivity index (χ0v) is 7.75. The van der Waals surface area contributed by atoms with Gasteiger partial charge in [-0.05, 0) is 18.8 Å². The minimum Gasteiger partial charge on any atom is -0.481 e. The molecule has 0 bridgehead atoms. The highest BCUT2D eigenvalue weighted by Crippen LogP contribution is 2.22. The highest BCUT2D eigenvalue weighted by atomic mass is 16.4. The Morgan fingerprint density at radius 1 is 1.69 bits per heavy atom. The topological polar surface area (TPSA) is 66.4 Å². The van der Waals surface area contributed by atoms with E-state index in [0.29, 0.717) is 12.8 Å². The van der Waals surface area contributed by atoms with E-state index in [1.807, 2.05) is 6.92 Å². The largest absolute Gasteiger partial charge is 0.481 e. The summed E-state index contributed by atoms with van der Waals surface area (Å²) in [6.07, 6.45) is 2.15. The predicted octanol–water partition coefficient (Wildman–Crippen LogP) is 0.766. The Labute approximate surface area is 77.3 Å². The fraction of sp³-hybridized carbons (Fsp3) is 0.778. The molecule has 0 radical (unpaired) electrons. The standard InChI is InChI=1S/C9H15NO3/c1-2-7-6(5-9(12)13)3-4-8(11)10-7/h6-7H,2-5H2,1H3,(H,10,11)(H,12,13)/t6-,7-/m0/s1. The van der Waals surface area contributed by atoms with E-state index in [1.165, 1.54) is 0 Å². The molecule has 0 aliphatic carbocycles. The minimum absolute atomic E-state index is 0.0495. The average molecular weight is 185 g/mol. The summed E-state index contributed by atoms with van der Waals surface area (Å²) in [5.74, 6) is -0.617. The fourth-order valence-electron chi connectivity index (χ4n) is 1.82. The van der Waals surface area contributed by atoms with Crippen LogP contribution in [0.5, 0.6) is 0 Å². The first-order valence-electron chi connectivity index (χ1n) is 4.64. The summed E-state index contributed by atoms with van der Waals surface area (Å²) in [4.78, 5) is 21.5. The second-order valence-corrected chi connectivity index (χ2v) is 3.48. The molecule has 1 saturated heterocycles. The molecule has 74 valence electrons. The number of amides is 1. The zero-order valence-electron chi connectivity index (χ0n) is 7.75. The molecule has 1 aliphatic rings. The van der Waals surface area contributed by atoms with E-state index in [9.17, 15) is 9.59 Å². The van der Waals surface area contributed by atoms with Gasteiger partial charge in [0, 0.05) is 12.5 Å². The van der Waals surface area contributed by atoms with Gasteiger partial charge in [-0.2, -0.15) is 0 Å². The summed E-state index contributed by atoms with van der Waals surface area (Å²) >= 11 is 0. The van der Waals surface area contributed by atoms with Gasteiger partial charge in [0.15, 0.2) is 0 Å². The number of aliphatic carboxylic acids is 1. The van der Waals surface area contributed by atoms with Crippen LogP contribution in [0.4, 0.5) is 0 Å². The Morgan fingerprint density at radius 3 is 2.92 bits per heavy atom. The number of hydrogen-bond acceptors (Lipinski definition) is 2. The number of nitrogens with one attached hydrogen (secondary N) is 1. The molecule has 0 aromatic carbocycles. The van der Waals surface area contributed by atoms with Crippen molar-refractivity contribution in [2.75, 3.05) is 0 Å². The van der Waals surface area contributed by atoms with Gasteiger partial charge in [0.25, 0.3) is 0 Å². The van der Waals surface area contributed by atoms with Crippen LogP contribution in [0, 0.1) is 5.92 Å². The van der Waals surface area contributed by atoms with Crippen LogP contribution in [0.25, 0.3) is 0 Å². The SMILES string of the molecule is CC[C@@H]1NC(=O)CC[C@H]1CC(=O)O. The van der Waals surface area contributed by atoms with Crippen molar-refractivity contribution in [1.29, 1.82) is 0 Å². The maximum Gasteiger partial charge on any atom is 0.303 e. The summed E-state index contributed by atoms with van der Waals surface area (Å²) in [6, 6.07) is 0.0531. The zero-order chi connectivity index (χ0) is 9.84. The van der Waals surface area contributed by atoms with Gasteiger partial charge in [-0.25, -0.2) is 0 Å². The molecule has 13 heavy (non-hydrogen) atoms. The van der Waals surface area contributed by atoms with Crippen LogP contribution in [-0.2, 0) is 9.59 Å². The van der Waals surface area contributed by atoms with Crippen molar-refractivity contribution in [3.05, 3.63) is 0 Å². The van der Waals surface area contributed by atoms with Gasteiger partial charge in [0.05, 0.1) is 6.42 Å². The van der Waals surface area contributed by atoms with E-state index in [4.69, 9.17) is 5.11 Å². The maximum atomic E-state index is 11.0. The first-order chi connectivity index (χ1) is 6.13. The lowest BCUT2D eigenvalue weighted by molar-refractivity contribution is -0.139. The first kappa shape index (κ1) is 10.0. The Hall–Kier alpha value is -1.06. The predicted molar refractivity (Wildman–Crippen MR) is 47.2 cm³/mol. The van der Waals surface area contributed by atoms with Crippen molar-refractivity contribution in [3.63, 3.8) is 0 Å². The summed E-state index contributed by atoms with van der Waals surface area (Å²) in [7, 11) is 0. The van der Waals surface area contributed by atoms with Crippen molar-refractivity contribution in [3.8, 4) is 0 Å². The molecule has 1 fully saturated rings. The average Bonchev–Trinajstić information content (AvgIpc) is 2.07. The number of hydrogen-bond donors (Lipinski definition) is 2. The Balaban J connectivity index is 2.52. The number of piperidine rings is 1. The normalized spacial score (nSPS) is 28.2. The van der Waals surface area contributed by atoms with Crippen LogP contribution in [-0.4, -0.2) is 23.0 Å². The van der Waals surface area contributed by atoms with Crippen LogP contribution in [0.2, 0.25) is 0 Å². The minimum atomic E-state index is -0.778. The fourth-order valence-corrected chi connectivity index (χ4v) is 1.82. The number of carboxylic acid groups (broad SMARTS) is 1. The molecule has 2 atom stereocenters. The lowest BCUT2D eigenvalue weighted by atomic mass is 9.86. The second-order valence-electron chi connectivity index (χ2n) is 3.48. The van der Waals surface area contributed by atoms with E-state index < -0.39 is 5.97 Å². The monoisotopic (exact) mass is 185 g/mol. The molecular formula is C9H15NO3. The lowest BCUT2D eigenvalue weighted by Gasteiger charge is -2.30. The summed E-state index contributed by atoms with van der Waals surface area (Å²) in [6.45, 7) is 1.96. The van der Waals surface area contributed by atoms with Gasteiger partial charge < -0.3 is 10.4 Å². The number of carbonyl (C=O) groups is 2. The second kappa shape index (κ2) is 4.25. The van der Waals surface area contributed by atoms with E-state index >= 15 is 0 Å².